The molecule has 1 N–H and O–H groups in total. The molecule has 1 aromatic carbocycles. The van der Waals surface area contributed by atoms with Gasteiger partial charge in [-0.15, -0.1) is 0 Å². The Kier molecular flexibility index (Phi) is 5.97. The Balaban J connectivity index is 1.91. The normalized spacial score (nSPS) is 13.7. The van der Waals surface area contributed by atoms with Crippen molar-refractivity contribution in [2.45, 2.75) is 6.92 Å². The summed E-state index contributed by atoms with van der Waals surface area (Å²) in [6.45, 7) is 2.01. The first-order valence-corrected chi connectivity index (χ1v) is 8.41. The number of rotatable bonds is 5. The average molecular weight is 348 g/mol. The summed E-state index contributed by atoms with van der Waals surface area (Å²) in [4.78, 5) is 42.4. The van der Waals surface area contributed by atoms with Gasteiger partial charge in [-0.1, -0.05) is 29.5 Å². The maximum absolute atomic E-state index is 12.1. The zero-order chi connectivity index (χ0) is 17.7. The Morgan fingerprint density at radius 3 is 2.58 bits per heavy atom. The van der Waals surface area contributed by atoms with E-state index in [4.69, 9.17) is 0 Å². The van der Waals surface area contributed by atoms with Crippen LogP contribution in [-0.2, 0) is 14.4 Å². The molecule has 3 amide bonds. The number of hydrogen-bond acceptors (Lipinski definition) is 5. The monoisotopic (exact) mass is 348 g/mol. The molecule has 1 heterocycles. The second-order valence-electron chi connectivity index (χ2n) is 5.52. The smallest absolute Gasteiger partial charge is 0.254 e. The Bertz CT molecular complexity index is 670. The highest BCUT2D eigenvalue weighted by Gasteiger charge is 2.27. The Labute approximate surface area is 145 Å². The number of carbonyl (C=O) groups excluding carboxylic acids is 3. The first-order valence-electron chi connectivity index (χ1n) is 7.42. The topological polar surface area (TPSA) is 82.1 Å². The molecule has 8 heteroatoms. The number of amides is 3. The molecule has 0 aromatic heterocycles. The molecule has 0 bridgehead atoms. The molecule has 2 rings (SSSR count). The molecule has 0 saturated heterocycles. The number of nitrogens with zero attached hydrogens (tertiary/aromatic N) is 3. The fourth-order valence-electron chi connectivity index (χ4n) is 1.96. The van der Waals surface area contributed by atoms with Gasteiger partial charge in [-0.3, -0.25) is 24.3 Å². The van der Waals surface area contributed by atoms with Crippen molar-refractivity contribution < 1.29 is 14.4 Å². The predicted octanol–water partition coefficient (Wildman–Crippen LogP) is 0.635. The van der Waals surface area contributed by atoms with Crippen molar-refractivity contribution in [3.8, 4) is 0 Å². The van der Waals surface area contributed by atoms with E-state index in [1.807, 2.05) is 31.2 Å². The molecule has 0 unspecified atom stereocenters. The fraction of sp³-hybridized carbons (Fsp3) is 0.375. The summed E-state index contributed by atoms with van der Waals surface area (Å²) in [7, 11) is 3.25. The molecule has 0 radical (unpaired) electrons. The standard InChI is InChI=1S/C16H20N4O3S/c1-11-4-6-12(7-5-11)20-15(23)9-18-16(20)24-10-13(21)17-8-14(22)19(2)3/h4-7H,8-10H2,1-3H3,(H,17,21). The molecule has 0 atom stereocenters. The van der Waals surface area contributed by atoms with Gasteiger partial charge in [0, 0.05) is 14.1 Å². The van der Waals surface area contributed by atoms with E-state index >= 15 is 0 Å². The third kappa shape index (κ3) is 4.58. The van der Waals surface area contributed by atoms with Crippen LogP contribution in [0.2, 0.25) is 0 Å². The van der Waals surface area contributed by atoms with Gasteiger partial charge in [-0.05, 0) is 19.1 Å². The van der Waals surface area contributed by atoms with Gasteiger partial charge in [0.15, 0.2) is 5.17 Å². The molecule has 0 spiro atoms. The number of nitrogens with one attached hydrogen (secondary N) is 1. The van der Waals surface area contributed by atoms with E-state index in [-0.39, 0.29) is 36.6 Å². The number of aryl methyl sites for hydroxylation is 1. The summed E-state index contributed by atoms with van der Waals surface area (Å²) < 4.78 is 0. The van der Waals surface area contributed by atoms with Crippen molar-refractivity contribution in [2.75, 3.05) is 37.8 Å². The van der Waals surface area contributed by atoms with Gasteiger partial charge in [0.1, 0.15) is 6.54 Å². The molecule has 0 fully saturated rings. The quantitative estimate of drug-likeness (QED) is 0.846. The van der Waals surface area contributed by atoms with E-state index in [1.165, 1.54) is 21.6 Å². The van der Waals surface area contributed by atoms with Crippen LogP contribution in [0.3, 0.4) is 0 Å². The lowest BCUT2D eigenvalue weighted by Gasteiger charge is -2.18. The van der Waals surface area contributed by atoms with Crippen LogP contribution in [0.5, 0.6) is 0 Å². The van der Waals surface area contributed by atoms with Crippen LogP contribution in [0.1, 0.15) is 5.56 Å². The Morgan fingerprint density at radius 2 is 1.96 bits per heavy atom. The zero-order valence-corrected chi connectivity index (χ0v) is 14.7. The van der Waals surface area contributed by atoms with Crippen molar-refractivity contribution >= 4 is 40.3 Å². The van der Waals surface area contributed by atoms with E-state index < -0.39 is 0 Å². The summed E-state index contributed by atoms with van der Waals surface area (Å²) in [6.07, 6.45) is 0. The van der Waals surface area contributed by atoms with Crippen LogP contribution < -0.4 is 10.2 Å². The van der Waals surface area contributed by atoms with E-state index in [1.54, 1.807) is 14.1 Å². The van der Waals surface area contributed by atoms with Crippen LogP contribution in [0.15, 0.2) is 29.3 Å². The number of benzene rings is 1. The molecule has 1 aliphatic heterocycles. The van der Waals surface area contributed by atoms with E-state index in [0.717, 1.165) is 11.3 Å². The molecule has 1 aromatic rings. The number of thioether (sulfide) groups is 1. The molecule has 1 aliphatic rings. The average Bonchev–Trinajstić information content (AvgIpc) is 2.92. The van der Waals surface area contributed by atoms with Crippen LogP contribution in [0.25, 0.3) is 0 Å². The number of anilines is 1. The molecular formula is C16H20N4O3S. The molecule has 7 nitrogen and oxygen atoms in total. The first kappa shape index (κ1) is 18.0. The summed E-state index contributed by atoms with van der Waals surface area (Å²) in [5.74, 6) is -0.483. The molecule has 24 heavy (non-hydrogen) atoms. The zero-order valence-electron chi connectivity index (χ0n) is 13.9. The highest BCUT2D eigenvalue weighted by molar-refractivity contribution is 8.14. The van der Waals surface area contributed by atoms with Gasteiger partial charge in [-0.2, -0.15) is 0 Å². The molecular weight excluding hydrogens is 328 g/mol. The summed E-state index contributed by atoms with van der Waals surface area (Å²) in [5, 5.41) is 3.05. The van der Waals surface area contributed by atoms with Crippen LogP contribution in [0, 0.1) is 6.92 Å². The minimum absolute atomic E-state index is 0.0422. The predicted molar refractivity (Wildman–Crippen MR) is 95.1 cm³/mol. The van der Waals surface area contributed by atoms with E-state index in [0.29, 0.717) is 5.17 Å². The minimum atomic E-state index is -0.277. The van der Waals surface area contributed by atoms with Crippen molar-refractivity contribution in [1.29, 1.82) is 0 Å². The summed E-state index contributed by atoms with van der Waals surface area (Å²) >= 11 is 1.18. The van der Waals surface area contributed by atoms with Crippen LogP contribution in [-0.4, -0.2) is 60.7 Å². The van der Waals surface area contributed by atoms with Crippen LogP contribution >= 0.6 is 11.8 Å². The van der Waals surface area contributed by atoms with Gasteiger partial charge in [-0.25, -0.2) is 0 Å². The minimum Gasteiger partial charge on any atom is -0.347 e. The number of aliphatic imine (C=N–C) groups is 1. The van der Waals surface area contributed by atoms with Gasteiger partial charge in [0.2, 0.25) is 11.8 Å². The Morgan fingerprint density at radius 1 is 1.29 bits per heavy atom. The van der Waals surface area contributed by atoms with Crippen molar-refractivity contribution in [3.63, 3.8) is 0 Å². The lowest BCUT2D eigenvalue weighted by atomic mass is 10.2. The third-order valence-electron chi connectivity index (χ3n) is 3.35. The first-order chi connectivity index (χ1) is 11.4. The van der Waals surface area contributed by atoms with Gasteiger partial charge in [0.25, 0.3) is 5.91 Å². The number of likely N-dealkylation sites (N-methyl/N-ethyl adjacent to an activating group) is 1. The van der Waals surface area contributed by atoms with Crippen LogP contribution in [0.4, 0.5) is 5.69 Å². The maximum Gasteiger partial charge on any atom is 0.254 e. The van der Waals surface area contributed by atoms with E-state index in [9.17, 15) is 14.4 Å². The van der Waals surface area contributed by atoms with Gasteiger partial charge >= 0.3 is 0 Å². The highest BCUT2D eigenvalue weighted by Crippen LogP contribution is 2.24. The number of hydrogen-bond donors (Lipinski definition) is 1. The SMILES string of the molecule is Cc1ccc(N2C(=O)CN=C2SCC(=O)NCC(=O)N(C)C)cc1. The van der Waals surface area contributed by atoms with Crippen molar-refractivity contribution in [2.24, 2.45) is 4.99 Å². The fourth-order valence-corrected chi connectivity index (χ4v) is 2.81. The Hall–Kier alpha value is -2.35. The number of carbonyl (C=O) groups is 3. The number of amidine groups is 1. The second-order valence-corrected chi connectivity index (χ2v) is 6.46. The van der Waals surface area contributed by atoms with Gasteiger partial charge < -0.3 is 10.2 Å². The third-order valence-corrected chi connectivity index (χ3v) is 4.33. The lowest BCUT2D eigenvalue weighted by Crippen LogP contribution is -2.37. The molecule has 0 aliphatic carbocycles. The van der Waals surface area contributed by atoms with Crippen molar-refractivity contribution in [3.05, 3.63) is 29.8 Å². The molecule has 128 valence electrons. The van der Waals surface area contributed by atoms with E-state index in [2.05, 4.69) is 10.3 Å². The molecule has 0 saturated carbocycles. The maximum atomic E-state index is 12.1. The second kappa shape index (κ2) is 7.96. The summed E-state index contributed by atoms with van der Waals surface area (Å²) in [6, 6.07) is 7.54. The highest BCUT2D eigenvalue weighted by atomic mass is 32.2. The summed E-state index contributed by atoms with van der Waals surface area (Å²) in [5.41, 5.74) is 1.83. The lowest BCUT2D eigenvalue weighted by molar-refractivity contribution is -0.130. The van der Waals surface area contributed by atoms with Gasteiger partial charge in [0.05, 0.1) is 18.0 Å². The van der Waals surface area contributed by atoms with Crippen molar-refractivity contribution in [1.82, 2.24) is 10.2 Å². The largest absolute Gasteiger partial charge is 0.347 e.